The minimum Gasteiger partial charge on any atom is -0.208 e. The second kappa shape index (κ2) is 16.2. The van der Waals surface area contributed by atoms with E-state index in [1.807, 2.05) is 133 Å². The van der Waals surface area contributed by atoms with Crippen LogP contribution in [0.1, 0.15) is 30.5 Å². The predicted octanol–water partition coefficient (Wildman–Crippen LogP) is 13.6. The zero-order valence-corrected chi connectivity index (χ0v) is 35.7. The Morgan fingerprint density at radius 1 is 0.323 bits per heavy atom. The molecule has 65 heavy (non-hydrogen) atoms. The summed E-state index contributed by atoms with van der Waals surface area (Å²) in [4.78, 5) is 31.0. The van der Waals surface area contributed by atoms with Gasteiger partial charge in [-0.05, 0) is 51.1 Å². The van der Waals surface area contributed by atoms with E-state index >= 15 is 0 Å². The van der Waals surface area contributed by atoms with Gasteiger partial charge in [0, 0.05) is 44.4 Å². The lowest BCUT2D eigenvalue weighted by Gasteiger charge is -2.21. The van der Waals surface area contributed by atoms with Crippen molar-refractivity contribution in [2.24, 2.45) is 0 Å². The van der Waals surface area contributed by atoms with E-state index in [1.165, 1.54) is 16.7 Å². The Bertz CT molecular complexity index is 3480. The molecule has 2 aromatic heterocycles. The molecule has 0 radical (unpaired) electrons. The van der Waals surface area contributed by atoms with Gasteiger partial charge in [-0.25, -0.2) is 29.9 Å². The highest BCUT2D eigenvalue weighted by Gasteiger charge is 2.37. The SMILES string of the molecule is CC1(C)c2ccccc2-c2c(-c3nc(-c4ccccc4)nc(-c4ccccc4-c4cccc(-c5nc(-c6ccccc6)nc(-c6ccccc6-c6ccccc6C#N)n5)c4)n3)cccc21. The van der Waals surface area contributed by atoms with Crippen LogP contribution in [0.25, 0.3) is 102 Å². The van der Waals surface area contributed by atoms with Crippen LogP contribution in [-0.2, 0) is 5.41 Å². The van der Waals surface area contributed by atoms with Gasteiger partial charge in [0.2, 0.25) is 0 Å². The summed E-state index contributed by atoms with van der Waals surface area (Å²) in [6, 6.07) is 69.6. The summed E-state index contributed by atoms with van der Waals surface area (Å²) in [7, 11) is 0. The third-order valence-corrected chi connectivity index (χ3v) is 12.3. The summed E-state index contributed by atoms with van der Waals surface area (Å²) in [6.07, 6.45) is 0. The molecule has 0 spiro atoms. The standard InChI is InChI=1S/C58H39N7/c1-58(2)49-33-16-15-31-47(49)51-48(32-18-34-50(51)58)57-63-53(38-21-7-4-8-22-38)62-55(65-57)45-29-13-11-26-42(45)39-24-17-25-40(35-39)54-60-52(37-19-5-3-6-20-37)61-56(64-54)46-30-14-12-28-44(46)43-27-10-9-23-41(43)36-59/h3-35H,1-2H3. The van der Waals surface area contributed by atoms with Gasteiger partial charge in [0.25, 0.3) is 0 Å². The molecule has 1 aliphatic rings. The normalized spacial score (nSPS) is 12.3. The zero-order valence-electron chi connectivity index (χ0n) is 35.7. The van der Waals surface area contributed by atoms with E-state index in [0.29, 0.717) is 40.5 Å². The third-order valence-electron chi connectivity index (χ3n) is 12.3. The first kappa shape index (κ1) is 39.1. The number of aromatic nitrogens is 6. The van der Waals surface area contributed by atoms with Gasteiger partial charge in [-0.15, -0.1) is 0 Å². The average molecular weight is 834 g/mol. The molecule has 0 aliphatic heterocycles. The van der Waals surface area contributed by atoms with Crippen LogP contribution in [0.2, 0.25) is 0 Å². The molecule has 0 bridgehead atoms. The van der Waals surface area contributed by atoms with E-state index < -0.39 is 0 Å². The summed E-state index contributed by atoms with van der Waals surface area (Å²) in [5.41, 5.74) is 14.1. The Morgan fingerprint density at radius 2 is 0.723 bits per heavy atom. The van der Waals surface area contributed by atoms with Crippen molar-refractivity contribution >= 4 is 0 Å². The van der Waals surface area contributed by atoms with E-state index in [1.54, 1.807) is 0 Å². The van der Waals surface area contributed by atoms with E-state index in [4.69, 9.17) is 29.9 Å². The second-order valence-corrected chi connectivity index (χ2v) is 16.6. The third kappa shape index (κ3) is 7.04. The van der Waals surface area contributed by atoms with Crippen molar-refractivity contribution < 1.29 is 0 Å². The lowest BCUT2D eigenvalue weighted by molar-refractivity contribution is 0.660. The van der Waals surface area contributed by atoms with Gasteiger partial charge in [0.15, 0.2) is 34.9 Å². The van der Waals surface area contributed by atoms with E-state index in [0.717, 1.165) is 61.2 Å². The summed E-state index contributed by atoms with van der Waals surface area (Å²) >= 11 is 0. The first-order valence-electron chi connectivity index (χ1n) is 21.6. The molecule has 0 saturated carbocycles. The predicted molar refractivity (Wildman–Crippen MR) is 259 cm³/mol. The van der Waals surface area contributed by atoms with Gasteiger partial charge >= 0.3 is 0 Å². The maximum Gasteiger partial charge on any atom is 0.164 e. The quantitative estimate of drug-likeness (QED) is 0.150. The molecule has 11 rings (SSSR count). The number of fused-ring (bicyclic) bond motifs is 3. The molecule has 306 valence electrons. The molecule has 0 atom stereocenters. The molecular formula is C58H39N7. The lowest BCUT2D eigenvalue weighted by Crippen LogP contribution is -2.14. The van der Waals surface area contributed by atoms with E-state index in [2.05, 4.69) is 86.6 Å². The largest absolute Gasteiger partial charge is 0.208 e. The molecule has 0 unspecified atom stereocenters. The number of nitriles is 1. The molecular weight excluding hydrogens is 795 g/mol. The maximum atomic E-state index is 10.1. The van der Waals surface area contributed by atoms with Gasteiger partial charge in [0.1, 0.15) is 0 Å². The highest BCUT2D eigenvalue weighted by Crippen LogP contribution is 2.52. The Morgan fingerprint density at radius 3 is 1.37 bits per heavy atom. The lowest BCUT2D eigenvalue weighted by atomic mass is 9.82. The molecule has 8 aromatic carbocycles. The smallest absolute Gasteiger partial charge is 0.164 e. The van der Waals surface area contributed by atoms with Crippen molar-refractivity contribution in [3.05, 3.63) is 217 Å². The summed E-state index contributed by atoms with van der Waals surface area (Å²) < 4.78 is 0. The van der Waals surface area contributed by atoms with Crippen molar-refractivity contribution in [3.63, 3.8) is 0 Å². The van der Waals surface area contributed by atoms with Crippen LogP contribution in [-0.4, -0.2) is 29.9 Å². The molecule has 1 aliphatic carbocycles. The van der Waals surface area contributed by atoms with Crippen molar-refractivity contribution in [1.29, 1.82) is 5.26 Å². The number of hydrogen-bond donors (Lipinski definition) is 0. The van der Waals surface area contributed by atoms with E-state index in [-0.39, 0.29) is 5.41 Å². The first-order valence-corrected chi connectivity index (χ1v) is 21.6. The van der Waals surface area contributed by atoms with Gasteiger partial charge in [0.05, 0.1) is 11.6 Å². The number of nitrogens with zero attached hydrogens (tertiary/aromatic N) is 7. The van der Waals surface area contributed by atoms with Crippen LogP contribution < -0.4 is 0 Å². The van der Waals surface area contributed by atoms with Crippen LogP contribution in [0.3, 0.4) is 0 Å². The van der Waals surface area contributed by atoms with Crippen molar-refractivity contribution in [2.45, 2.75) is 19.3 Å². The minimum atomic E-state index is -0.176. The molecule has 7 nitrogen and oxygen atoms in total. The Kier molecular flexibility index (Phi) is 9.75. The Balaban J connectivity index is 1.07. The van der Waals surface area contributed by atoms with Crippen molar-refractivity contribution in [2.75, 3.05) is 0 Å². The number of benzene rings is 8. The molecule has 0 N–H and O–H groups in total. The zero-order chi connectivity index (χ0) is 43.9. The minimum absolute atomic E-state index is 0.176. The fourth-order valence-electron chi connectivity index (χ4n) is 9.10. The summed E-state index contributed by atoms with van der Waals surface area (Å²) in [5, 5.41) is 10.1. The molecule has 0 saturated heterocycles. The van der Waals surface area contributed by atoms with Crippen LogP contribution >= 0.6 is 0 Å². The fourth-order valence-corrected chi connectivity index (χ4v) is 9.10. The van der Waals surface area contributed by atoms with Crippen molar-refractivity contribution in [1.82, 2.24) is 29.9 Å². The van der Waals surface area contributed by atoms with Crippen LogP contribution in [0.5, 0.6) is 0 Å². The van der Waals surface area contributed by atoms with Crippen LogP contribution in [0, 0.1) is 11.3 Å². The molecule has 0 fully saturated rings. The Labute approximate surface area is 377 Å². The fraction of sp³-hybridized carbons (Fsp3) is 0.0517. The highest BCUT2D eigenvalue weighted by atomic mass is 15.0. The van der Waals surface area contributed by atoms with Gasteiger partial charge < -0.3 is 0 Å². The average Bonchev–Trinajstić information content (AvgIpc) is 3.62. The monoisotopic (exact) mass is 833 g/mol. The van der Waals surface area contributed by atoms with Gasteiger partial charge in [-0.2, -0.15) is 5.26 Å². The highest BCUT2D eigenvalue weighted by molar-refractivity contribution is 5.92. The van der Waals surface area contributed by atoms with Crippen LogP contribution in [0.4, 0.5) is 0 Å². The Hall–Kier alpha value is -8.73. The van der Waals surface area contributed by atoms with Crippen LogP contribution in [0.15, 0.2) is 200 Å². The molecule has 2 heterocycles. The molecule has 10 aromatic rings. The summed E-state index contributed by atoms with van der Waals surface area (Å²) in [5.74, 6) is 3.36. The van der Waals surface area contributed by atoms with Gasteiger partial charge in [-0.1, -0.05) is 202 Å². The van der Waals surface area contributed by atoms with E-state index in [9.17, 15) is 5.26 Å². The number of rotatable bonds is 8. The first-order chi connectivity index (χ1) is 31.9. The maximum absolute atomic E-state index is 10.1. The number of hydrogen-bond acceptors (Lipinski definition) is 7. The molecule has 7 heteroatoms. The molecule has 0 amide bonds. The van der Waals surface area contributed by atoms with Crippen molar-refractivity contribution in [3.8, 4) is 108 Å². The second-order valence-electron chi connectivity index (χ2n) is 16.6. The van der Waals surface area contributed by atoms with Gasteiger partial charge in [-0.3, -0.25) is 0 Å². The topological polar surface area (TPSA) is 101 Å². The summed E-state index contributed by atoms with van der Waals surface area (Å²) in [6.45, 7) is 4.57.